The second-order valence-corrected chi connectivity index (χ2v) is 12.8. The average Bonchev–Trinajstić information content (AvgIpc) is 3.67. The minimum Gasteiger partial charge on any atom is -0.267 e. The van der Waals surface area contributed by atoms with E-state index in [1.807, 2.05) is 72.9 Å². The molecule has 0 amide bonds. The summed E-state index contributed by atoms with van der Waals surface area (Å²) >= 11 is 1.32. The van der Waals surface area contributed by atoms with Gasteiger partial charge in [-0.05, 0) is 55.3 Å². The van der Waals surface area contributed by atoms with Crippen LogP contribution in [0.15, 0.2) is 94.7 Å². The molecular formula is C30H25N5O3S2. The molecule has 0 aliphatic carbocycles. The highest BCUT2D eigenvalue weighted by atomic mass is 32.2. The second-order valence-electron chi connectivity index (χ2n) is 9.84. The van der Waals surface area contributed by atoms with E-state index in [1.165, 1.54) is 11.3 Å². The van der Waals surface area contributed by atoms with Crippen molar-refractivity contribution in [3.05, 3.63) is 106 Å². The Balaban J connectivity index is 1.39. The maximum atomic E-state index is 13.5. The number of sulfonamides is 1. The van der Waals surface area contributed by atoms with E-state index in [0.717, 1.165) is 36.0 Å². The van der Waals surface area contributed by atoms with E-state index in [-0.39, 0.29) is 10.5 Å². The quantitative estimate of drug-likeness (QED) is 0.306. The largest absolute Gasteiger partial charge is 0.274 e. The number of hydrogen-bond acceptors (Lipinski definition) is 6. The number of para-hydroxylation sites is 3. The van der Waals surface area contributed by atoms with Crippen LogP contribution in [0, 0.1) is 0 Å². The number of rotatable bonds is 5. The van der Waals surface area contributed by atoms with Crippen LogP contribution >= 0.6 is 11.3 Å². The van der Waals surface area contributed by atoms with Gasteiger partial charge in [-0.1, -0.05) is 60.2 Å². The Kier molecular flexibility index (Phi) is 6.10. The lowest BCUT2D eigenvalue weighted by Crippen LogP contribution is -2.35. The number of hydrogen-bond donors (Lipinski definition) is 0. The van der Waals surface area contributed by atoms with Crippen LogP contribution < -0.4 is 10.1 Å². The van der Waals surface area contributed by atoms with Gasteiger partial charge in [-0.25, -0.2) is 22.5 Å². The molecule has 1 fully saturated rings. The summed E-state index contributed by atoms with van der Waals surface area (Å²) in [4.78, 5) is 19.0. The summed E-state index contributed by atoms with van der Waals surface area (Å²) in [6.45, 7) is 1.07. The SMILES string of the molecule is O=c1c(=Cc2cn(-c3ccccc3)nc2-c2cccc(S(=O)(=O)N3CCCCC3)c2)sc2nc3ccccc3n12. The van der Waals surface area contributed by atoms with Crippen molar-refractivity contribution in [1.29, 1.82) is 0 Å². The third kappa shape index (κ3) is 4.25. The fraction of sp³-hybridized carbons (Fsp3) is 0.167. The van der Waals surface area contributed by atoms with Crippen LogP contribution in [0.1, 0.15) is 24.8 Å². The van der Waals surface area contributed by atoms with Gasteiger partial charge in [0.2, 0.25) is 10.0 Å². The van der Waals surface area contributed by atoms with Crippen molar-refractivity contribution < 1.29 is 8.42 Å². The van der Waals surface area contributed by atoms with Gasteiger partial charge in [-0.2, -0.15) is 9.40 Å². The average molecular weight is 568 g/mol. The maximum absolute atomic E-state index is 13.5. The van der Waals surface area contributed by atoms with Gasteiger partial charge in [0.1, 0.15) is 5.69 Å². The zero-order chi connectivity index (χ0) is 27.3. The Morgan fingerprint density at radius 3 is 2.48 bits per heavy atom. The minimum atomic E-state index is -3.62. The van der Waals surface area contributed by atoms with Crippen molar-refractivity contribution in [2.24, 2.45) is 0 Å². The van der Waals surface area contributed by atoms with Crippen molar-refractivity contribution in [1.82, 2.24) is 23.5 Å². The van der Waals surface area contributed by atoms with E-state index < -0.39 is 10.0 Å². The lowest BCUT2D eigenvalue weighted by molar-refractivity contribution is 0.346. The molecule has 7 rings (SSSR count). The number of imidazole rings is 1. The van der Waals surface area contributed by atoms with Gasteiger partial charge in [0.05, 0.1) is 26.1 Å². The standard InChI is InChI=1S/C30H25N5O3S2/c36-29-27(39-30-31-25-14-5-6-15-26(25)35(29)30)19-22-20-34(23-11-3-1-4-12-23)32-28(22)21-10-9-13-24(18-21)40(37,38)33-16-7-2-8-17-33/h1,3-6,9-15,18-20H,2,7-8,16-17H2. The summed E-state index contributed by atoms with van der Waals surface area (Å²) in [5.41, 5.74) is 4.23. The maximum Gasteiger partial charge on any atom is 0.274 e. The van der Waals surface area contributed by atoms with E-state index in [9.17, 15) is 13.2 Å². The molecule has 0 spiro atoms. The van der Waals surface area contributed by atoms with Gasteiger partial charge in [-0.3, -0.25) is 4.79 Å². The Hall–Kier alpha value is -4.12. The summed E-state index contributed by atoms with van der Waals surface area (Å²) in [6, 6.07) is 24.2. The molecule has 3 aromatic carbocycles. The van der Waals surface area contributed by atoms with Gasteiger partial charge in [-0.15, -0.1) is 0 Å². The Bertz CT molecular complexity index is 2090. The summed E-state index contributed by atoms with van der Waals surface area (Å²) in [7, 11) is -3.62. The van der Waals surface area contributed by atoms with E-state index in [4.69, 9.17) is 5.10 Å². The molecule has 10 heteroatoms. The van der Waals surface area contributed by atoms with Crippen LogP contribution in [0.4, 0.5) is 0 Å². The molecule has 0 saturated carbocycles. The molecule has 4 heterocycles. The molecule has 0 radical (unpaired) electrons. The molecule has 6 aromatic rings. The summed E-state index contributed by atoms with van der Waals surface area (Å²) in [5, 5.41) is 4.86. The Labute approximate surface area is 234 Å². The number of aromatic nitrogens is 4. The van der Waals surface area contributed by atoms with Crippen LogP contribution in [-0.2, 0) is 10.0 Å². The van der Waals surface area contributed by atoms with Crippen molar-refractivity contribution in [3.63, 3.8) is 0 Å². The van der Waals surface area contributed by atoms with Crippen LogP contribution in [0.5, 0.6) is 0 Å². The highest BCUT2D eigenvalue weighted by Gasteiger charge is 2.26. The molecule has 0 bridgehead atoms. The van der Waals surface area contributed by atoms with E-state index >= 15 is 0 Å². The van der Waals surface area contributed by atoms with Crippen LogP contribution in [-0.4, -0.2) is 45.0 Å². The predicted molar refractivity (Wildman–Crippen MR) is 157 cm³/mol. The smallest absolute Gasteiger partial charge is 0.267 e. The number of benzene rings is 3. The highest BCUT2D eigenvalue weighted by molar-refractivity contribution is 7.89. The minimum absolute atomic E-state index is 0.145. The Morgan fingerprint density at radius 2 is 1.65 bits per heavy atom. The number of nitrogens with zero attached hydrogens (tertiary/aromatic N) is 5. The molecule has 1 aliphatic heterocycles. The van der Waals surface area contributed by atoms with Crippen molar-refractivity contribution in [3.8, 4) is 16.9 Å². The van der Waals surface area contributed by atoms with Gasteiger partial charge < -0.3 is 0 Å². The molecule has 0 N–H and O–H groups in total. The first-order chi connectivity index (χ1) is 19.5. The van der Waals surface area contributed by atoms with Gasteiger partial charge in [0.15, 0.2) is 4.96 Å². The topological polar surface area (TPSA) is 89.6 Å². The van der Waals surface area contributed by atoms with Gasteiger partial charge >= 0.3 is 0 Å². The normalized spacial score (nSPS) is 15.3. The molecule has 3 aromatic heterocycles. The molecule has 8 nitrogen and oxygen atoms in total. The van der Waals surface area contributed by atoms with E-state index in [2.05, 4.69) is 4.98 Å². The zero-order valence-electron chi connectivity index (χ0n) is 21.5. The lowest BCUT2D eigenvalue weighted by Gasteiger charge is -2.26. The van der Waals surface area contributed by atoms with Crippen molar-refractivity contribution in [2.75, 3.05) is 13.1 Å². The van der Waals surface area contributed by atoms with Crippen molar-refractivity contribution >= 4 is 43.4 Å². The molecule has 1 aliphatic rings. The monoisotopic (exact) mass is 567 g/mol. The number of thiazole rings is 1. The first-order valence-electron chi connectivity index (χ1n) is 13.2. The Morgan fingerprint density at radius 1 is 0.875 bits per heavy atom. The zero-order valence-corrected chi connectivity index (χ0v) is 23.1. The van der Waals surface area contributed by atoms with Crippen LogP contribution in [0.2, 0.25) is 0 Å². The summed E-state index contributed by atoms with van der Waals surface area (Å²) in [5.74, 6) is 0. The number of fused-ring (bicyclic) bond motifs is 3. The predicted octanol–water partition coefficient (Wildman–Crippen LogP) is 4.48. The highest BCUT2D eigenvalue weighted by Crippen LogP contribution is 2.29. The molecule has 0 unspecified atom stereocenters. The third-order valence-electron chi connectivity index (χ3n) is 7.26. The fourth-order valence-electron chi connectivity index (χ4n) is 5.24. The van der Waals surface area contributed by atoms with E-state index in [1.54, 1.807) is 31.6 Å². The van der Waals surface area contributed by atoms with Gasteiger partial charge in [0, 0.05) is 30.4 Å². The number of piperidine rings is 1. The fourth-order valence-corrected chi connectivity index (χ4v) is 7.78. The van der Waals surface area contributed by atoms with Crippen LogP contribution in [0.3, 0.4) is 0 Å². The van der Waals surface area contributed by atoms with E-state index in [0.29, 0.717) is 39.4 Å². The second kappa shape index (κ2) is 9.81. The first kappa shape index (κ1) is 24.9. The van der Waals surface area contributed by atoms with Crippen molar-refractivity contribution in [2.45, 2.75) is 24.2 Å². The summed E-state index contributed by atoms with van der Waals surface area (Å²) < 4.78 is 32.4. The first-order valence-corrected chi connectivity index (χ1v) is 15.4. The molecule has 1 saturated heterocycles. The third-order valence-corrected chi connectivity index (χ3v) is 10.1. The van der Waals surface area contributed by atoms with Crippen LogP contribution in [0.25, 0.3) is 39.0 Å². The van der Waals surface area contributed by atoms with Gasteiger partial charge in [0.25, 0.3) is 5.56 Å². The lowest BCUT2D eigenvalue weighted by atomic mass is 10.1. The molecule has 0 atom stereocenters. The molecule has 200 valence electrons. The molecular weight excluding hydrogens is 542 g/mol. The molecule has 40 heavy (non-hydrogen) atoms. The summed E-state index contributed by atoms with van der Waals surface area (Å²) in [6.07, 6.45) is 6.49.